The van der Waals surface area contributed by atoms with E-state index in [-0.39, 0.29) is 17.9 Å². The van der Waals surface area contributed by atoms with Gasteiger partial charge in [0, 0.05) is 50.6 Å². The zero-order chi connectivity index (χ0) is 19.8. The van der Waals surface area contributed by atoms with Crippen LogP contribution in [-0.2, 0) is 9.53 Å². The molecule has 0 aromatic heterocycles. The third kappa shape index (κ3) is 6.02. The number of thioether (sulfide) groups is 1. The Morgan fingerprint density at radius 2 is 2.00 bits per heavy atom. The van der Waals surface area contributed by atoms with Crippen molar-refractivity contribution in [2.24, 2.45) is 16.9 Å². The van der Waals surface area contributed by atoms with Crippen molar-refractivity contribution in [2.45, 2.75) is 76.8 Å². The van der Waals surface area contributed by atoms with E-state index in [1.807, 2.05) is 11.8 Å². The third-order valence-corrected chi connectivity index (χ3v) is 7.79. The highest BCUT2D eigenvalue weighted by atomic mass is 32.2. The molecule has 6 nitrogen and oxygen atoms in total. The molecule has 1 saturated carbocycles. The van der Waals surface area contributed by atoms with Gasteiger partial charge in [0.05, 0.1) is 0 Å². The predicted molar refractivity (Wildman–Crippen MR) is 116 cm³/mol. The van der Waals surface area contributed by atoms with Gasteiger partial charge in [0.15, 0.2) is 5.17 Å². The van der Waals surface area contributed by atoms with E-state index < -0.39 is 0 Å². The van der Waals surface area contributed by atoms with Crippen LogP contribution in [0.25, 0.3) is 0 Å². The minimum Gasteiger partial charge on any atom is -0.381 e. The van der Waals surface area contributed by atoms with Gasteiger partial charge in [-0.15, -0.1) is 0 Å². The number of nitrogens with zero attached hydrogens (tertiary/aromatic N) is 2. The number of hydrazone groups is 1. The summed E-state index contributed by atoms with van der Waals surface area (Å²) in [5, 5.41) is 9.10. The van der Waals surface area contributed by atoms with Crippen LogP contribution in [0.15, 0.2) is 5.10 Å². The number of rotatable bonds is 8. The molecular weight excluding hydrogens is 372 g/mol. The number of amides is 1. The number of carbonyl (C=O) groups is 1. The van der Waals surface area contributed by atoms with Gasteiger partial charge in [-0.25, -0.2) is 0 Å². The Bertz CT molecular complexity index is 519. The molecule has 1 amide bonds. The zero-order valence-electron chi connectivity index (χ0n) is 17.6. The summed E-state index contributed by atoms with van der Waals surface area (Å²) in [6.45, 7) is 4.65. The van der Waals surface area contributed by atoms with Gasteiger partial charge in [-0.2, -0.15) is 5.10 Å². The van der Waals surface area contributed by atoms with E-state index in [1.165, 1.54) is 19.3 Å². The molecule has 28 heavy (non-hydrogen) atoms. The number of carbonyl (C=O) groups excluding carboxylic acids is 1. The SMILES string of the molecule is CC[C@@H]1CS/C(=N\NCCC(NC(=O)C2CCCCC2)C2CCOCC2)N1C. The van der Waals surface area contributed by atoms with Gasteiger partial charge in [-0.05, 0) is 44.4 Å². The summed E-state index contributed by atoms with van der Waals surface area (Å²) in [4.78, 5) is 15.1. The second-order valence-electron chi connectivity index (χ2n) is 8.47. The molecule has 0 radical (unpaired) electrons. The average molecular weight is 411 g/mol. The first-order chi connectivity index (χ1) is 13.7. The van der Waals surface area contributed by atoms with Crippen LogP contribution in [-0.4, -0.2) is 60.6 Å². The van der Waals surface area contributed by atoms with E-state index in [0.29, 0.717) is 12.0 Å². The molecule has 2 N–H and O–H groups in total. The second kappa shape index (κ2) is 11.3. The van der Waals surface area contributed by atoms with Gasteiger partial charge in [0.1, 0.15) is 0 Å². The summed E-state index contributed by atoms with van der Waals surface area (Å²) in [5.41, 5.74) is 3.27. The fourth-order valence-corrected chi connectivity index (χ4v) is 5.88. The first-order valence-corrected chi connectivity index (χ1v) is 12.2. The van der Waals surface area contributed by atoms with E-state index in [2.05, 4.69) is 34.7 Å². The Hall–Kier alpha value is -0.950. The molecule has 0 bridgehead atoms. The zero-order valence-corrected chi connectivity index (χ0v) is 18.4. The average Bonchev–Trinajstić information content (AvgIpc) is 3.11. The molecule has 160 valence electrons. The molecule has 0 aromatic carbocycles. The number of ether oxygens (including phenoxy) is 1. The van der Waals surface area contributed by atoms with Crippen LogP contribution >= 0.6 is 11.8 Å². The van der Waals surface area contributed by atoms with Crippen LogP contribution in [0, 0.1) is 11.8 Å². The van der Waals surface area contributed by atoms with Crippen LogP contribution < -0.4 is 10.7 Å². The van der Waals surface area contributed by atoms with Crippen molar-refractivity contribution < 1.29 is 9.53 Å². The van der Waals surface area contributed by atoms with Crippen molar-refractivity contribution in [3.05, 3.63) is 0 Å². The standard InChI is InChI=1S/C21H38N4O2S/c1-3-18-15-28-21(25(18)2)24-22-12-9-19(16-10-13-27-14-11-16)23-20(26)17-7-5-4-6-8-17/h16-19,22H,3-15H2,1-2H3,(H,23,26)/b24-21-/t18-,19?/m1/s1. The molecule has 3 rings (SSSR count). The number of nitrogens with one attached hydrogen (secondary N) is 2. The first-order valence-electron chi connectivity index (χ1n) is 11.2. The molecular formula is C21H38N4O2S. The molecule has 1 aliphatic carbocycles. The topological polar surface area (TPSA) is 66.0 Å². The van der Waals surface area contributed by atoms with Crippen molar-refractivity contribution in [3.8, 4) is 0 Å². The quantitative estimate of drug-likeness (QED) is 0.475. The van der Waals surface area contributed by atoms with Crippen LogP contribution in [0.3, 0.4) is 0 Å². The molecule has 2 saturated heterocycles. The van der Waals surface area contributed by atoms with Gasteiger partial charge >= 0.3 is 0 Å². The van der Waals surface area contributed by atoms with Crippen molar-refractivity contribution >= 4 is 22.8 Å². The monoisotopic (exact) mass is 410 g/mol. The Labute approximate surface area is 174 Å². The summed E-state index contributed by atoms with van der Waals surface area (Å²) in [5.74, 6) is 2.14. The van der Waals surface area contributed by atoms with Crippen molar-refractivity contribution in [2.75, 3.05) is 32.6 Å². The molecule has 2 atom stereocenters. The van der Waals surface area contributed by atoms with Crippen molar-refractivity contribution in [3.63, 3.8) is 0 Å². The lowest BCUT2D eigenvalue weighted by Crippen LogP contribution is -2.46. The van der Waals surface area contributed by atoms with E-state index in [9.17, 15) is 4.79 Å². The Morgan fingerprint density at radius 1 is 1.25 bits per heavy atom. The van der Waals surface area contributed by atoms with Crippen LogP contribution in [0.1, 0.15) is 64.7 Å². The van der Waals surface area contributed by atoms with Crippen LogP contribution in [0.5, 0.6) is 0 Å². The van der Waals surface area contributed by atoms with Gasteiger partial charge < -0.3 is 20.4 Å². The van der Waals surface area contributed by atoms with Crippen LogP contribution in [0.4, 0.5) is 0 Å². The number of hydrogen-bond acceptors (Lipinski definition) is 5. The van der Waals surface area contributed by atoms with E-state index >= 15 is 0 Å². The predicted octanol–water partition coefficient (Wildman–Crippen LogP) is 3.19. The minimum atomic E-state index is 0.221. The van der Waals surface area contributed by atoms with E-state index in [0.717, 1.165) is 69.2 Å². The van der Waals surface area contributed by atoms with Crippen LogP contribution in [0.2, 0.25) is 0 Å². The molecule has 7 heteroatoms. The van der Waals surface area contributed by atoms with Crippen molar-refractivity contribution in [1.82, 2.24) is 15.6 Å². The van der Waals surface area contributed by atoms with Gasteiger partial charge in [-0.1, -0.05) is 37.9 Å². The highest BCUT2D eigenvalue weighted by molar-refractivity contribution is 8.14. The minimum absolute atomic E-state index is 0.221. The molecule has 0 spiro atoms. The summed E-state index contributed by atoms with van der Waals surface area (Å²) in [7, 11) is 2.13. The Kier molecular flexibility index (Phi) is 8.77. The largest absolute Gasteiger partial charge is 0.381 e. The number of hydrogen-bond donors (Lipinski definition) is 2. The second-order valence-corrected chi connectivity index (χ2v) is 9.46. The highest BCUT2D eigenvalue weighted by Gasteiger charge is 2.29. The smallest absolute Gasteiger partial charge is 0.223 e. The lowest BCUT2D eigenvalue weighted by molar-refractivity contribution is -0.127. The highest BCUT2D eigenvalue weighted by Crippen LogP contribution is 2.26. The maximum Gasteiger partial charge on any atom is 0.223 e. The summed E-state index contributed by atoms with van der Waals surface area (Å²) >= 11 is 1.83. The summed E-state index contributed by atoms with van der Waals surface area (Å²) in [6.07, 6.45) is 9.95. The maximum atomic E-state index is 12.8. The molecule has 3 aliphatic rings. The fourth-order valence-electron chi connectivity index (χ4n) is 4.60. The maximum absolute atomic E-state index is 12.8. The molecule has 0 aromatic rings. The van der Waals surface area contributed by atoms with Crippen molar-refractivity contribution in [1.29, 1.82) is 0 Å². The molecule has 3 fully saturated rings. The molecule has 2 aliphatic heterocycles. The van der Waals surface area contributed by atoms with Gasteiger partial charge in [0.25, 0.3) is 0 Å². The Balaban J connectivity index is 1.50. The number of amidine groups is 1. The van der Waals surface area contributed by atoms with Gasteiger partial charge in [-0.3, -0.25) is 4.79 Å². The normalized spacial score (nSPS) is 27.1. The summed E-state index contributed by atoms with van der Waals surface area (Å²) in [6, 6.07) is 0.818. The first kappa shape index (κ1) is 21.8. The lowest BCUT2D eigenvalue weighted by Gasteiger charge is -2.32. The Morgan fingerprint density at radius 3 is 2.68 bits per heavy atom. The third-order valence-electron chi connectivity index (χ3n) is 6.61. The van der Waals surface area contributed by atoms with Gasteiger partial charge in [0.2, 0.25) is 5.91 Å². The van der Waals surface area contributed by atoms with E-state index in [1.54, 1.807) is 0 Å². The van der Waals surface area contributed by atoms with E-state index in [4.69, 9.17) is 4.74 Å². The summed E-state index contributed by atoms with van der Waals surface area (Å²) < 4.78 is 5.54. The molecule has 2 heterocycles. The lowest BCUT2D eigenvalue weighted by atomic mass is 9.86. The fraction of sp³-hybridized carbons (Fsp3) is 0.905. The molecule has 1 unspecified atom stereocenters.